The Morgan fingerprint density at radius 1 is 1.27 bits per heavy atom. The fourth-order valence-corrected chi connectivity index (χ4v) is 5.33. The number of amides is 1. The van der Waals surface area contributed by atoms with Crippen LogP contribution in [0.25, 0.3) is 0 Å². The van der Waals surface area contributed by atoms with Gasteiger partial charge < -0.3 is 10.6 Å². The number of aromatic nitrogens is 4. The van der Waals surface area contributed by atoms with Gasteiger partial charge >= 0.3 is 0 Å². The zero-order valence-corrected chi connectivity index (χ0v) is 16.3. The minimum atomic E-state index is -0.419. The van der Waals surface area contributed by atoms with E-state index in [4.69, 9.17) is 5.73 Å². The Hall–Kier alpha value is -1.93. The third kappa shape index (κ3) is 2.63. The molecule has 2 saturated heterocycles. The van der Waals surface area contributed by atoms with Gasteiger partial charge in [0.05, 0.1) is 6.54 Å². The van der Waals surface area contributed by atoms with Crippen molar-refractivity contribution in [3.63, 3.8) is 0 Å². The first kappa shape index (κ1) is 17.5. The molecule has 1 aromatic heterocycles. The number of carbonyl (C=O) groups is 1. The summed E-state index contributed by atoms with van der Waals surface area (Å²) < 4.78 is 1.61. The molecule has 3 heterocycles. The Kier molecular flexibility index (Phi) is 4.07. The molecule has 2 fully saturated rings. The average molecular weight is 372 g/mol. The highest BCUT2D eigenvalue weighted by atomic mass is 32.2. The zero-order valence-electron chi connectivity index (χ0n) is 15.5. The van der Waals surface area contributed by atoms with E-state index in [0.29, 0.717) is 12.5 Å². The molecule has 2 aromatic rings. The van der Waals surface area contributed by atoms with Crippen LogP contribution in [0, 0.1) is 0 Å². The van der Waals surface area contributed by atoms with Crippen LogP contribution in [0.3, 0.4) is 0 Å². The van der Waals surface area contributed by atoms with Crippen LogP contribution in [0.15, 0.2) is 24.3 Å². The highest BCUT2D eigenvalue weighted by molar-refractivity contribution is 8.01. The lowest BCUT2D eigenvalue weighted by molar-refractivity contribution is -0.147. The Morgan fingerprint density at radius 3 is 2.62 bits per heavy atom. The predicted molar refractivity (Wildman–Crippen MR) is 100 cm³/mol. The molecule has 8 heteroatoms. The second kappa shape index (κ2) is 6.06. The molecular weight excluding hydrogens is 348 g/mol. The average Bonchev–Trinajstić information content (AvgIpc) is 3.14. The first-order valence-corrected chi connectivity index (χ1v) is 9.78. The Morgan fingerprint density at radius 2 is 1.96 bits per heavy atom. The molecule has 0 radical (unpaired) electrons. The van der Waals surface area contributed by atoms with E-state index in [1.807, 2.05) is 4.90 Å². The number of benzene rings is 1. The smallest absolute Gasteiger partial charge is 0.244 e. The standard InChI is InChI=1S/C18H24N6OS/c1-10(2)12-7-5-11(6-8-12)9-23-15(20-21-22-23)14-18(3,4)26-17-13(19)16(25)24(14)17/h5-8,10,13-14,17H,9,19H2,1-4H3/t13?,14?,17-/m1/s1. The maximum absolute atomic E-state index is 12.3. The molecule has 0 spiro atoms. The summed E-state index contributed by atoms with van der Waals surface area (Å²) in [5, 5.41) is 12.4. The van der Waals surface area contributed by atoms with Crippen LogP contribution in [0.5, 0.6) is 0 Å². The largest absolute Gasteiger partial charge is 0.317 e. The number of carbonyl (C=O) groups excluding carboxylic acids is 1. The molecule has 4 rings (SSSR count). The van der Waals surface area contributed by atoms with Crippen molar-refractivity contribution in [3.05, 3.63) is 41.2 Å². The molecule has 138 valence electrons. The van der Waals surface area contributed by atoms with Crippen LogP contribution >= 0.6 is 11.8 Å². The molecule has 3 atom stereocenters. The topological polar surface area (TPSA) is 89.9 Å². The molecule has 2 unspecified atom stereocenters. The number of hydrogen-bond acceptors (Lipinski definition) is 6. The van der Waals surface area contributed by atoms with Gasteiger partial charge in [-0.25, -0.2) is 4.68 Å². The van der Waals surface area contributed by atoms with Crippen molar-refractivity contribution in [1.82, 2.24) is 25.1 Å². The van der Waals surface area contributed by atoms with E-state index in [1.54, 1.807) is 16.4 Å². The lowest BCUT2D eigenvalue weighted by Crippen LogP contribution is -2.65. The number of nitrogens with zero attached hydrogens (tertiary/aromatic N) is 5. The van der Waals surface area contributed by atoms with Gasteiger partial charge in [-0.15, -0.1) is 16.9 Å². The number of hydrogen-bond donors (Lipinski definition) is 1. The molecular formula is C18H24N6OS. The van der Waals surface area contributed by atoms with E-state index in [9.17, 15) is 4.79 Å². The van der Waals surface area contributed by atoms with Crippen molar-refractivity contribution in [2.75, 3.05) is 0 Å². The number of nitrogens with two attached hydrogens (primary N) is 1. The third-order valence-corrected chi connectivity index (χ3v) is 6.86. The monoisotopic (exact) mass is 372 g/mol. The van der Waals surface area contributed by atoms with Crippen molar-refractivity contribution >= 4 is 17.7 Å². The van der Waals surface area contributed by atoms with Gasteiger partial charge in [0.2, 0.25) is 5.91 Å². The van der Waals surface area contributed by atoms with Crippen molar-refractivity contribution < 1.29 is 4.79 Å². The van der Waals surface area contributed by atoms with Gasteiger partial charge in [-0.3, -0.25) is 4.79 Å². The van der Waals surface area contributed by atoms with Gasteiger partial charge in [-0.1, -0.05) is 38.1 Å². The second-order valence-corrected chi connectivity index (χ2v) is 9.65. The minimum absolute atomic E-state index is 0.0120. The maximum atomic E-state index is 12.3. The van der Waals surface area contributed by atoms with Gasteiger partial charge in [0, 0.05) is 4.75 Å². The fourth-order valence-electron chi connectivity index (χ4n) is 3.76. The van der Waals surface area contributed by atoms with E-state index in [1.165, 1.54) is 5.56 Å². The summed E-state index contributed by atoms with van der Waals surface area (Å²) in [6.45, 7) is 9.18. The molecule has 2 aliphatic heterocycles. The van der Waals surface area contributed by atoms with Gasteiger partial charge in [-0.2, -0.15) is 0 Å². The summed E-state index contributed by atoms with van der Waals surface area (Å²) in [5.41, 5.74) is 8.41. The lowest BCUT2D eigenvalue weighted by Gasteiger charge is -2.42. The number of rotatable bonds is 4. The molecule has 2 aliphatic rings. The molecule has 2 N–H and O–H groups in total. The van der Waals surface area contributed by atoms with E-state index in [0.717, 1.165) is 11.4 Å². The summed E-state index contributed by atoms with van der Waals surface area (Å²) in [4.78, 5) is 14.2. The molecule has 26 heavy (non-hydrogen) atoms. The molecule has 1 aromatic carbocycles. The Labute approximate surface area is 157 Å². The van der Waals surface area contributed by atoms with Gasteiger partial charge in [0.1, 0.15) is 17.5 Å². The normalized spacial score (nSPS) is 26.9. The number of thioether (sulfide) groups is 1. The minimum Gasteiger partial charge on any atom is -0.317 e. The van der Waals surface area contributed by atoms with Gasteiger partial charge in [0.15, 0.2) is 5.82 Å². The van der Waals surface area contributed by atoms with Crippen molar-refractivity contribution in [2.24, 2.45) is 5.73 Å². The van der Waals surface area contributed by atoms with Crippen molar-refractivity contribution in [2.45, 2.75) is 62.4 Å². The van der Waals surface area contributed by atoms with Crippen molar-refractivity contribution in [3.8, 4) is 0 Å². The van der Waals surface area contributed by atoms with Gasteiger partial charge in [0.25, 0.3) is 0 Å². The summed E-state index contributed by atoms with van der Waals surface area (Å²) in [6.07, 6.45) is 0. The van der Waals surface area contributed by atoms with E-state index >= 15 is 0 Å². The molecule has 7 nitrogen and oxygen atoms in total. The quantitative estimate of drug-likeness (QED) is 0.825. The summed E-state index contributed by atoms with van der Waals surface area (Å²) in [5.74, 6) is 1.20. The highest BCUT2D eigenvalue weighted by Crippen LogP contribution is 2.56. The number of β-lactam (4-membered cyclic amide) rings is 1. The van der Waals surface area contributed by atoms with Crippen molar-refractivity contribution in [1.29, 1.82) is 0 Å². The summed E-state index contributed by atoms with van der Waals surface area (Å²) >= 11 is 1.73. The number of fused-ring (bicyclic) bond motifs is 1. The zero-order chi connectivity index (χ0) is 18.6. The Bertz CT molecular complexity index is 830. The summed E-state index contributed by atoms with van der Waals surface area (Å²) in [6, 6.07) is 7.93. The molecule has 0 bridgehead atoms. The second-order valence-electron chi connectivity index (χ2n) is 7.88. The van der Waals surface area contributed by atoms with Crippen LogP contribution in [-0.2, 0) is 11.3 Å². The summed E-state index contributed by atoms with van der Waals surface area (Å²) in [7, 11) is 0. The predicted octanol–water partition coefficient (Wildman–Crippen LogP) is 1.91. The Balaban J connectivity index is 1.62. The van der Waals surface area contributed by atoms with Crippen LogP contribution in [0.2, 0.25) is 0 Å². The first-order chi connectivity index (χ1) is 12.3. The van der Waals surface area contributed by atoms with Crippen LogP contribution in [-0.4, -0.2) is 47.2 Å². The van der Waals surface area contributed by atoms with Crippen LogP contribution in [0.4, 0.5) is 0 Å². The lowest BCUT2D eigenvalue weighted by atomic mass is 9.95. The van der Waals surface area contributed by atoms with E-state index in [-0.39, 0.29) is 22.1 Å². The first-order valence-electron chi connectivity index (χ1n) is 8.90. The third-order valence-electron chi connectivity index (χ3n) is 5.27. The molecule has 1 amide bonds. The highest BCUT2D eigenvalue weighted by Gasteiger charge is 2.61. The number of tetrazole rings is 1. The molecule has 0 aliphatic carbocycles. The maximum Gasteiger partial charge on any atom is 0.244 e. The SMILES string of the molecule is CC(C)c1ccc(Cn2nnnc2C2N3C(=O)C(N)[C@H]3SC2(C)C)cc1. The molecule has 0 saturated carbocycles. The van der Waals surface area contributed by atoms with Gasteiger partial charge in [-0.05, 0) is 41.3 Å². The fraction of sp³-hybridized carbons (Fsp3) is 0.556. The van der Waals surface area contributed by atoms with E-state index < -0.39 is 6.04 Å². The van der Waals surface area contributed by atoms with Crippen LogP contribution < -0.4 is 5.73 Å². The van der Waals surface area contributed by atoms with E-state index in [2.05, 4.69) is 67.5 Å². The van der Waals surface area contributed by atoms with Crippen LogP contribution in [0.1, 0.15) is 56.6 Å².